The number of nitrogens with zero attached hydrogens (tertiary/aromatic N) is 3. The van der Waals surface area contributed by atoms with Crippen LogP contribution in [0.5, 0.6) is 0 Å². The number of carboxylic acids is 1. The number of aryl methyl sites for hydroxylation is 1. The van der Waals surface area contributed by atoms with Gasteiger partial charge in [0.05, 0.1) is 5.39 Å². The number of carbonyl (C=O) groups is 1. The molecule has 0 aliphatic heterocycles. The Morgan fingerprint density at radius 2 is 1.81 bits per heavy atom. The fourth-order valence-corrected chi connectivity index (χ4v) is 3.29. The van der Waals surface area contributed by atoms with Crippen LogP contribution in [0.4, 0.5) is 0 Å². The highest BCUT2D eigenvalue weighted by Crippen LogP contribution is 2.33. The van der Waals surface area contributed by atoms with Gasteiger partial charge in [-0.25, -0.2) is 9.59 Å². The van der Waals surface area contributed by atoms with Gasteiger partial charge in [-0.05, 0) is 18.9 Å². The van der Waals surface area contributed by atoms with Crippen LogP contribution < -0.4 is 11.2 Å². The highest BCUT2D eigenvalue weighted by molar-refractivity contribution is 5.93. The largest absolute Gasteiger partial charge is 0.477 e. The molecule has 0 unspecified atom stereocenters. The van der Waals surface area contributed by atoms with E-state index in [1.165, 1.54) is 17.7 Å². The van der Waals surface area contributed by atoms with Crippen molar-refractivity contribution in [2.75, 3.05) is 0 Å². The minimum Gasteiger partial charge on any atom is -0.477 e. The summed E-state index contributed by atoms with van der Waals surface area (Å²) in [5, 5.41) is 9.71. The first-order valence-corrected chi connectivity index (χ1v) is 6.97. The van der Waals surface area contributed by atoms with Crippen molar-refractivity contribution < 1.29 is 9.90 Å². The first kappa shape index (κ1) is 13.7. The Morgan fingerprint density at radius 1 is 1.19 bits per heavy atom. The third-order valence-corrected chi connectivity index (χ3v) is 4.35. The van der Waals surface area contributed by atoms with Crippen molar-refractivity contribution in [3.8, 4) is 0 Å². The van der Waals surface area contributed by atoms with Gasteiger partial charge in [0.25, 0.3) is 5.56 Å². The molecule has 2 aromatic rings. The highest BCUT2D eigenvalue weighted by atomic mass is 16.4. The van der Waals surface area contributed by atoms with E-state index in [0.717, 1.165) is 30.3 Å². The Bertz CT molecular complexity index is 850. The normalized spacial score (nSPS) is 15.9. The maximum Gasteiger partial charge on any atom is 0.352 e. The predicted octanol–water partition coefficient (Wildman–Crippen LogP) is 0.852. The number of carboxylic acid groups (broad SMARTS) is 1. The van der Waals surface area contributed by atoms with E-state index >= 15 is 0 Å². The zero-order chi connectivity index (χ0) is 15.3. The molecule has 1 aliphatic rings. The smallest absolute Gasteiger partial charge is 0.352 e. The second-order valence-corrected chi connectivity index (χ2v) is 5.59. The SMILES string of the molecule is Cn1c(=O)c2cc(C(=O)O)n(C3CCCC3)c2n(C)c1=O. The lowest BCUT2D eigenvalue weighted by Crippen LogP contribution is -2.37. The van der Waals surface area contributed by atoms with E-state index in [-0.39, 0.29) is 17.1 Å². The Balaban J connectivity index is 2.48. The fourth-order valence-electron chi connectivity index (χ4n) is 3.29. The Labute approximate surface area is 120 Å². The average molecular weight is 291 g/mol. The van der Waals surface area contributed by atoms with Crippen LogP contribution in [0.3, 0.4) is 0 Å². The zero-order valence-corrected chi connectivity index (χ0v) is 12.0. The van der Waals surface area contributed by atoms with Crippen LogP contribution in [0.2, 0.25) is 0 Å². The summed E-state index contributed by atoms with van der Waals surface area (Å²) < 4.78 is 4.03. The molecular weight excluding hydrogens is 274 g/mol. The van der Waals surface area contributed by atoms with Gasteiger partial charge in [-0.3, -0.25) is 13.9 Å². The first-order valence-electron chi connectivity index (χ1n) is 6.97. The van der Waals surface area contributed by atoms with Gasteiger partial charge in [0.2, 0.25) is 0 Å². The van der Waals surface area contributed by atoms with Crippen molar-refractivity contribution in [3.05, 3.63) is 32.6 Å². The topological polar surface area (TPSA) is 86.2 Å². The molecule has 1 N–H and O–H groups in total. The summed E-state index contributed by atoms with van der Waals surface area (Å²) in [7, 11) is 2.97. The van der Waals surface area contributed by atoms with E-state index in [1.54, 1.807) is 11.6 Å². The van der Waals surface area contributed by atoms with Gasteiger partial charge in [0.15, 0.2) is 0 Å². The molecule has 1 saturated carbocycles. The summed E-state index contributed by atoms with van der Waals surface area (Å²) in [6, 6.07) is 1.42. The highest BCUT2D eigenvalue weighted by Gasteiger charge is 2.27. The molecule has 0 bridgehead atoms. The van der Waals surface area contributed by atoms with E-state index in [9.17, 15) is 19.5 Å². The van der Waals surface area contributed by atoms with Gasteiger partial charge in [-0.1, -0.05) is 12.8 Å². The molecule has 0 saturated heterocycles. The number of fused-ring (bicyclic) bond motifs is 1. The standard InChI is InChI=1S/C14H17N3O4/c1-15-11-9(12(18)16(2)14(15)21)7-10(13(19)20)17(11)8-5-3-4-6-8/h7-8H,3-6H2,1-2H3,(H,19,20). The van der Waals surface area contributed by atoms with Crippen LogP contribution in [-0.4, -0.2) is 24.8 Å². The lowest BCUT2D eigenvalue weighted by Gasteiger charge is -2.17. The number of aromatic nitrogens is 3. The van der Waals surface area contributed by atoms with E-state index < -0.39 is 17.2 Å². The number of hydrogen-bond donors (Lipinski definition) is 1. The summed E-state index contributed by atoms with van der Waals surface area (Å²) >= 11 is 0. The third-order valence-electron chi connectivity index (χ3n) is 4.35. The molecule has 7 nitrogen and oxygen atoms in total. The summed E-state index contributed by atoms with van der Waals surface area (Å²) in [6.07, 6.45) is 3.80. The summed E-state index contributed by atoms with van der Waals surface area (Å²) in [5.74, 6) is -1.08. The first-order chi connectivity index (χ1) is 9.93. The monoisotopic (exact) mass is 291 g/mol. The fraction of sp³-hybridized carbons (Fsp3) is 0.500. The van der Waals surface area contributed by atoms with Crippen molar-refractivity contribution >= 4 is 17.0 Å². The minimum atomic E-state index is -1.08. The lowest BCUT2D eigenvalue weighted by atomic mass is 10.2. The molecular formula is C14H17N3O4. The van der Waals surface area contributed by atoms with Crippen LogP contribution in [0.1, 0.15) is 42.2 Å². The quantitative estimate of drug-likeness (QED) is 0.888. The van der Waals surface area contributed by atoms with Gasteiger partial charge in [-0.2, -0.15) is 0 Å². The van der Waals surface area contributed by atoms with Gasteiger partial charge >= 0.3 is 11.7 Å². The van der Waals surface area contributed by atoms with Gasteiger partial charge in [0, 0.05) is 20.1 Å². The van der Waals surface area contributed by atoms with Crippen LogP contribution in [0.15, 0.2) is 15.7 Å². The van der Waals surface area contributed by atoms with Crippen molar-refractivity contribution in [1.82, 2.24) is 13.7 Å². The molecule has 1 fully saturated rings. The van der Waals surface area contributed by atoms with Crippen LogP contribution in [0.25, 0.3) is 11.0 Å². The van der Waals surface area contributed by atoms with Crippen molar-refractivity contribution in [3.63, 3.8) is 0 Å². The van der Waals surface area contributed by atoms with Crippen molar-refractivity contribution in [2.24, 2.45) is 14.1 Å². The van der Waals surface area contributed by atoms with Crippen LogP contribution >= 0.6 is 0 Å². The predicted molar refractivity (Wildman–Crippen MR) is 76.9 cm³/mol. The lowest BCUT2D eigenvalue weighted by molar-refractivity contribution is 0.0683. The Hall–Kier alpha value is -2.31. The number of aromatic carboxylic acids is 1. The van der Waals surface area contributed by atoms with Gasteiger partial charge in [-0.15, -0.1) is 0 Å². The number of rotatable bonds is 2. The molecule has 112 valence electrons. The third kappa shape index (κ3) is 1.84. The van der Waals surface area contributed by atoms with E-state index in [2.05, 4.69) is 0 Å². The molecule has 0 radical (unpaired) electrons. The molecule has 0 amide bonds. The van der Waals surface area contributed by atoms with E-state index in [0.29, 0.717) is 5.65 Å². The summed E-state index contributed by atoms with van der Waals surface area (Å²) in [4.78, 5) is 35.9. The summed E-state index contributed by atoms with van der Waals surface area (Å²) in [5.41, 5.74) is -0.406. The minimum absolute atomic E-state index is 0.0336. The van der Waals surface area contributed by atoms with Crippen LogP contribution in [0, 0.1) is 0 Å². The molecule has 0 atom stereocenters. The molecule has 2 heterocycles. The van der Waals surface area contributed by atoms with Crippen LogP contribution in [-0.2, 0) is 14.1 Å². The molecule has 1 aliphatic carbocycles. The molecule has 21 heavy (non-hydrogen) atoms. The Morgan fingerprint density at radius 3 is 2.38 bits per heavy atom. The van der Waals surface area contributed by atoms with Gasteiger partial charge < -0.3 is 9.67 Å². The second-order valence-electron chi connectivity index (χ2n) is 5.59. The van der Waals surface area contributed by atoms with Gasteiger partial charge in [0.1, 0.15) is 11.3 Å². The maximum atomic E-state index is 12.2. The molecule has 2 aromatic heterocycles. The second kappa shape index (κ2) is 4.61. The zero-order valence-electron chi connectivity index (χ0n) is 12.0. The van der Waals surface area contributed by atoms with E-state index in [4.69, 9.17) is 0 Å². The number of hydrogen-bond acceptors (Lipinski definition) is 3. The van der Waals surface area contributed by atoms with Crippen molar-refractivity contribution in [2.45, 2.75) is 31.7 Å². The van der Waals surface area contributed by atoms with Crippen molar-refractivity contribution in [1.29, 1.82) is 0 Å². The molecule has 0 aromatic carbocycles. The molecule has 3 rings (SSSR count). The van der Waals surface area contributed by atoms with E-state index in [1.807, 2.05) is 0 Å². The molecule has 0 spiro atoms. The Kier molecular flexibility index (Phi) is 3.00. The summed E-state index contributed by atoms with van der Waals surface area (Å²) in [6.45, 7) is 0. The average Bonchev–Trinajstić information content (AvgIpc) is 3.08. The molecule has 7 heteroatoms. The maximum absolute atomic E-state index is 12.2.